The maximum atomic E-state index is 13.5. The number of hydrogen-bond donors (Lipinski definition) is 1. The predicted molar refractivity (Wildman–Crippen MR) is 141 cm³/mol. The Morgan fingerprint density at radius 1 is 1.09 bits per heavy atom. The Morgan fingerprint density at radius 3 is 2.24 bits per heavy atom. The van der Waals surface area contributed by atoms with Crippen molar-refractivity contribution in [2.75, 3.05) is 17.1 Å². The van der Waals surface area contributed by atoms with Gasteiger partial charge in [-0.25, -0.2) is 8.42 Å². The van der Waals surface area contributed by atoms with Gasteiger partial charge in [-0.1, -0.05) is 58.2 Å². The van der Waals surface area contributed by atoms with E-state index in [1.54, 1.807) is 6.92 Å². The van der Waals surface area contributed by atoms with E-state index in [1.165, 1.54) is 23.1 Å². The largest absolute Gasteiger partial charge is 0.352 e. The Balaban J connectivity index is 2.42. The lowest BCUT2D eigenvalue weighted by molar-refractivity contribution is -0.139. The zero-order valence-electron chi connectivity index (χ0n) is 19.4. The van der Waals surface area contributed by atoms with Crippen molar-refractivity contribution >= 4 is 66.7 Å². The average molecular weight is 593 g/mol. The van der Waals surface area contributed by atoms with Crippen LogP contribution in [0.2, 0.25) is 10.0 Å². The molecule has 186 valence electrons. The maximum absolute atomic E-state index is 13.5. The molecule has 2 aromatic carbocycles. The van der Waals surface area contributed by atoms with Crippen molar-refractivity contribution in [1.82, 2.24) is 10.2 Å². The number of hydrogen-bond acceptors (Lipinski definition) is 4. The number of nitrogens with zero attached hydrogens (tertiary/aromatic N) is 2. The lowest BCUT2D eigenvalue weighted by Gasteiger charge is -2.32. The van der Waals surface area contributed by atoms with E-state index in [1.807, 2.05) is 38.1 Å². The first kappa shape index (κ1) is 28.4. The summed E-state index contributed by atoms with van der Waals surface area (Å²) in [6.45, 7) is 5.03. The van der Waals surface area contributed by atoms with Gasteiger partial charge in [0, 0.05) is 27.1 Å². The van der Waals surface area contributed by atoms with Gasteiger partial charge in [-0.3, -0.25) is 13.9 Å². The molecule has 0 fully saturated rings. The summed E-state index contributed by atoms with van der Waals surface area (Å²) in [5.74, 6) is -0.872. The van der Waals surface area contributed by atoms with E-state index < -0.39 is 28.5 Å². The van der Waals surface area contributed by atoms with Crippen molar-refractivity contribution in [2.24, 2.45) is 0 Å². The third-order valence-corrected chi connectivity index (χ3v) is 7.30. The highest BCUT2D eigenvalue weighted by molar-refractivity contribution is 9.10. The summed E-state index contributed by atoms with van der Waals surface area (Å²) in [5, 5.41) is 3.35. The Morgan fingerprint density at radius 2 is 1.71 bits per heavy atom. The summed E-state index contributed by atoms with van der Waals surface area (Å²) in [5.41, 5.74) is 0.940. The van der Waals surface area contributed by atoms with E-state index in [2.05, 4.69) is 21.2 Å². The summed E-state index contributed by atoms with van der Waals surface area (Å²) in [6.07, 6.45) is 1.72. The maximum Gasteiger partial charge on any atom is 0.244 e. The van der Waals surface area contributed by atoms with Crippen LogP contribution in [0.15, 0.2) is 46.9 Å². The third kappa shape index (κ3) is 8.15. The lowest BCUT2D eigenvalue weighted by atomic mass is 10.1. The highest BCUT2D eigenvalue weighted by Crippen LogP contribution is 2.27. The van der Waals surface area contributed by atoms with Crippen LogP contribution in [0.1, 0.15) is 32.8 Å². The van der Waals surface area contributed by atoms with Gasteiger partial charge in [0.05, 0.1) is 11.9 Å². The Bertz CT molecular complexity index is 1130. The summed E-state index contributed by atoms with van der Waals surface area (Å²) in [6, 6.07) is 10.7. The second kappa shape index (κ2) is 12.2. The highest BCUT2D eigenvalue weighted by atomic mass is 79.9. The molecule has 0 saturated heterocycles. The highest BCUT2D eigenvalue weighted by Gasteiger charge is 2.30. The molecule has 0 aromatic heterocycles. The van der Waals surface area contributed by atoms with Crippen LogP contribution < -0.4 is 9.62 Å². The molecule has 0 radical (unpaired) electrons. The standard InChI is InChI=1S/C23H28BrCl2N3O4S/c1-5-15(2)27-23(31)16(3)28(13-17-7-6-8-18(24)9-17)22(30)14-29(34(4,32)33)21-11-19(25)10-20(26)12-21/h6-12,15-16H,5,13-14H2,1-4H3,(H,27,31)/t15-,16+/m0/s1. The zero-order chi connectivity index (χ0) is 25.6. The fraction of sp³-hybridized carbons (Fsp3) is 0.391. The monoisotopic (exact) mass is 591 g/mol. The van der Waals surface area contributed by atoms with E-state index in [9.17, 15) is 18.0 Å². The van der Waals surface area contributed by atoms with Crippen LogP contribution in [0, 0.1) is 0 Å². The van der Waals surface area contributed by atoms with E-state index >= 15 is 0 Å². The van der Waals surface area contributed by atoms with Gasteiger partial charge in [0.25, 0.3) is 0 Å². The van der Waals surface area contributed by atoms with E-state index in [0.29, 0.717) is 0 Å². The molecule has 2 amide bonds. The first-order chi connectivity index (χ1) is 15.8. The molecule has 7 nitrogen and oxygen atoms in total. The lowest BCUT2D eigenvalue weighted by Crippen LogP contribution is -2.52. The number of sulfonamides is 1. The van der Waals surface area contributed by atoms with Crippen molar-refractivity contribution in [3.63, 3.8) is 0 Å². The number of amides is 2. The molecule has 0 bridgehead atoms. The minimum absolute atomic E-state index is 0.0705. The SMILES string of the molecule is CC[C@H](C)NC(=O)[C@@H](C)N(Cc1cccc(Br)c1)C(=O)CN(c1cc(Cl)cc(Cl)c1)S(C)(=O)=O. The van der Waals surface area contributed by atoms with Crippen molar-refractivity contribution < 1.29 is 18.0 Å². The number of rotatable bonds is 10. The third-order valence-electron chi connectivity index (χ3n) is 5.22. The molecule has 11 heteroatoms. The first-order valence-electron chi connectivity index (χ1n) is 10.6. The smallest absolute Gasteiger partial charge is 0.244 e. The fourth-order valence-electron chi connectivity index (χ4n) is 3.18. The second-order valence-electron chi connectivity index (χ2n) is 8.04. The molecule has 0 aliphatic heterocycles. The van der Waals surface area contributed by atoms with Gasteiger partial charge < -0.3 is 10.2 Å². The molecule has 1 N–H and O–H groups in total. The molecule has 2 atom stereocenters. The number of carbonyl (C=O) groups is 2. The van der Waals surface area contributed by atoms with Gasteiger partial charge >= 0.3 is 0 Å². The molecule has 0 unspecified atom stereocenters. The molecule has 0 heterocycles. The summed E-state index contributed by atoms with van der Waals surface area (Å²) in [7, 11) is -3.87. The van der Waals surface area contributed by atoms with E-state index in [4.69, 9.17) is 23.2 Å². The van der Waals surface area contributed by atoms with Crippen LogP contribution in [0.5, 0.6) is 0 Å². The van der Waals surface area contributed by atoms with Crippen LogP contribution in [0.25, 0.3) is 0 Å². The van der Waals surface area contributed by atoms with Crippen LogP contribution in [-0.4, -0.2) is 50.0 Å². The molecular formula is C23H28BrCl2N3O4S. The van der Waals surface area contributed by atoms with Gasteiger partial charge in [0.2, 0.25) is 21.8 Å². The molecule has 2 rings (SSSR count). The minimum atomic E-state index is -3.87. The van der Waals surface area contributed by atoms with E-state index in [0.717, 1.165) is 27.0 Å². The molecule has 0 saturated carbocycles. The average Bonchev–Trinajstić information content (AvgIpc) is 2.73. The fourth-order valence-corrected chi connectivity index (χ4v) is 4.97. The summed E-state index contributed by atoms with van der Waals surface area (Å²) >= 11 is 15.5. The number of halogens is 3. The molecule has 0 aliphatic rings. The quantitative estimate of drug-likeness (QED) is 0.427. The molecule has 0 spiro atoms. The van der Waals surface area contributed by atoms with Gasteiger partial charge in [0.15, 0.2) is 0 Å². The van der Waals surface area contributed by atoms with Gasteiger partial charge in [0.1, 0.15) is 12.6 Å². The Labute approximate surface area is 219 Å². The van der Waals surface area contributed by atoms with Crippen LogP contribution in [0.4, 0.5) is 5.69 Å². The normalized spacial score (nSPS) is 13.1. The molecular weight excluding hydrogens is 565 g/mol. The zero-order valence-corrected chi connectivity index (χ0v) is 23.3. The molecule has 0 aliphatic carbocycles. The molecule has 34 heavy (non-hydrogen) atoms. The van der Waals surface area contributed by atoms with Crippen LogP contribution >= 0.6 is 39.1 Å². The Kier molecular flexibility index (Phi) is 10.2. The van der Waals surface area contributed by atoms with E-state index in [-0.39, 0.29) is 34.2 Å². The van der Waals surface area contributed by atoms with Crippen LogP contribution in [0.3, 0.4) is 0 Å². The van der Waals surface area contributed by atoms with Crippen LogP contribution in [-0.2, 0) is 26.2 Å². The number of benzene rings is 2. The topological polar surface area (TPSA) is 86.8 Å². The van der Waals surface area contributed by atoms with Gasteiger partial charge in [-0.05, 0) is 56.2 Å². The number of anilines is 1. The van der Waals surface area contributed by atoms with Crippen molar-refractivity contribution in [3.05, 3.63) is 62.5 Å². The number of nitrogens with one attached hydrogen (secondary N) is 1. The van der Waals surface area contributed by atoms with Crippen molar-refractivity contribution in [2.45, 2.75) is 45.8 Å². The first-order valence-corrected chi connectivity index (χ1v) is 14.0. The number of carbonyl (C=O) groups excluding carboxylic acids is 2. The predicted octanol–water partition coefficient (Wildman–Crippen LogP) is 4.85. The van der Waals surface area contributed by atoms with Crippen molar-refractivity contribution in [3.8, 4) is 0 Å². The van der Waals surface area contributed by atoms with Gasteiger partial charge in [-0.2, -0.15) is 0 Å². The summed E-state index contributed by atoms with van der Waals surface area (Å²) in [4.78, 5) is 27.7. The Hall–Kier alpha value is -1.81. The van der Waals surface area contributed by atoms with Crippen molar-refractivity contribution in [1.29, 1.82) is 0 Å². The second-order valence-corrected chi connectivity index (χ2v) is 11.7. The van der Waals surface area contributed by atoms with Gasteiger partial charge in [-0.15, -0.1) is 0 Å². The summed E-state index contributed by atoms with van der Waals surface area (Å²) < 4.78 is 26.9. The minimum Gasteiger partial charge on any atom is -0.352 e. The molecule has 2 aromatic rings.